The maximum absolute atomic E-state index is 12.0. The summed E-state index contributed by atoms with van der Waals surface area (Å²) < 4.78 is 24.9. The lowest BCUT2D eigenvalue weighted by Crippen LogP contribution is -2.29. The highest BCUT2D eigenvalue weighted by atomic mass is 35.5. The Balaban J connectivity index is 2.90. The van der Waals surface area contributed by atoms with Gasteiger partial charge in [-0.1, -0.05) is 29.3 Å². The Hall–Kier alpha value is -0.780. The van der Waals surface area contributed by atoms with Crippen molar-refractivity contribution in [1.29, 1.82) is 0 Å². The summed E-state index contributed by atoms with van der Waals surface area (Å²) in [5.41, 5.74) is 1.08. The number of halogens is 2. The van der Waals surface area contributed by atoms with Crippen molar-refractivity contribution in [1.82, 2.24) is 4.41 Å². The van der Waals surface area contributed by atoms with Gasteiger partial charge in [-0.15, -0.1) is 0 Å². The standard InChI is InChI=1S/C9H8Cl2N2O2S/c1-5-6-3-4-7(10)8(11)9(6)16(14,15)13(2)12-5/h3-4H,1-2H3. The van der Waals surface area contributed by atoms with Crippen molar-refractivity contribution in [2.75, 3.05) is 7.05 Å². The number of sulfonamides is 1. The van der Waals surface area contributed by atoms with Crippen molar-refractivity contribution >= 4 is 38.9 Å². The lowest BCUT2D eigenvalue weighted by atomic mass is 10.1. The van der Waals surface area contributed by atoms with Crippen molar-refractivity contribution in [3.8, 4) is 0 Å². The quantitative estimate of drug-likeness (QED) is 0.732. The first-order valence-electron chi connectivity index (χ1n) is 4.38. The molecule has 2 rings (SSSR count). The summed E-state index contributed by atoms with van der Waals surface area (Å²) in [6, 6.07) is 3.16. The lowest BCUT2D eigenvalue weighted by molar-refractivity contribution is 0.485. The molecule has 4 nitrogen and oxygen atoms in total. The molecule has 0 amide bonds. The zero-order valence-corrected chi connectivity index (χ0v) is 10.9. The number of hydrogen-bond donors (Lipinski definition) is 0. The van der Waals surface area contributed by atoms with E-state index in [4.69, 9.17) is 23.2 Å². The first-order valence-corrected chi connectivity index (χ1v) is 6.58. The molecule has 1 aromatic rings. The third-order valence-corrected chi connectivity index (χ3v) is 4.97. The smallest absolute Gasteiger partial charge is 0.200 e. The van der Waals surface area contributed by atoms with E-state index in [1.807, 2.05) is 0 Å². The topological polar surface area (TPSA) is 49.7 Å². The fourth-order valence-corrected chi connectivity index (χ4v) is 3.52. The van der Waals surface area contributed by atoms with E-state index in [1.165, 1.54) is 7.05 Å². The summed E-state index contributed by atoms with van der Waals surface area (Å²) in [5, 5.41) is 4.16. The molecular formula is C9H8Cl2N2O2S. The van der Waals surface area contributed by atoms with Gasteiger partial charge in [0.1, 0.15) is 4.90 Å². The largest absolute Gasteiger partial charge is 0.280 e. The first-order chi connectivity index (χ1) is 7.35. The van der Waals surface area contributed by atoms with Gasteiger partial charge in [0.15, 0.2) is 0 Å². The summed E-state index contributed by atoms with van der Waals surface area (Å²) >= 11 is 11.7. The van der Waals surface area contributed by atoms with Gasteiger partial charge in [0.05, 0.1) is 15.8 Å². The van der Waals surface area contributed by atoms with Gasteiger partial charge < -0.3 is 0 Å². The normalized spacial score (nSPS) is 18.0. The van der Waals surface area contributed by atoms with E-state index in [0.29, 0.717) is 11.3 Å². The molecule has 0 bridgehead atoms. The molecule has 0 aliphatic carbocycles. The van der Waals surface area contributed by atoms with Crippen LogP contribution in [0.15, 0.2) is 22.1 Å². The second kappa shape index (κ2) is 3.61. The lowest BCUT2D eigenvalue weighted by Gasteiger charge is -2.23. The van der Waals surface area contributed by atoms with Gasteiger partial charge in [-0.2, -0.15) is 17.9 Å². The van der Waals surface area contributed by atoms with E-state index in [0.717, 1.165) is 4.41 Å². The van der Waals surface area contributed by atoms with Crippen LogP contribution in [0.25, 0.3) is 0 Å². The van der Waals surface area contributed by atoms with Crippen LogP contribution in [0.3, 0.4) is 0 Å². The van der Waals surface area contributed by atoms with Crippen LogP contribution >= 0.6 is 23.2 Å². The number of nitrogens with zero attached hydrogens (tertiary/aromatic N) is 2. The number of hydrogen-bond acceptors (Lipinski definition) is 3. The van der Waals surface area contributed by atoms with E-state index < -0.39 is 10.0 Å². The molecule has 0 atom stereocenters. The Labute approximate surface area is 104 Å². The minimum atomic E-state index is -3.68. The monoisotopic (exact) mass is 278 g/mol. The van der Waals surface area contributed by atoms with Crippen LogP contribution in [0.2, 0.25) is 10.0 Å². The van der Waals surface area contributed by atoms with Gasteiger partial charge in [0, 0.05) is 12.6 Å². The highest BCUT2D eigenvalue weighted by Gasteiger charge is 2.32. The summed E-state index contributed by atoms with van der Waals surface area (Å²) in [6.45, 7) is 1.72. The van der Waals surface area contributed by atoms with Gasteiger partial charge in [0.2, 0.25) is 0 Å². The predicted molar refractivity (Wildman–Crippen MR) is 63.6 cm³/mol. The van der Waals surface area contributed by atoms with Crippen LogP contribution < -0.4 is 0 Å². The second-order valence-electron chi connectivity index (χ2n) is 3.36. The van der Waals surface area contributed by atoms with Crippen molar-refractivity contribution in [2.24, 2.45) is 5.10 Å². The Morgan fingerprint density at radius 1 is 1.31 bits per heavy atom. The third-order valence-electron chi connectivity index (χ3n) is 2.34. The number of fused-ring (bicyclic) bond motifs is 1. The molecule has 0 saturated carbocycles. The van der Waals surface area contributed by atoms with Crippen LogP contribution in [0, 0.1) is 0 Å². The number of benzene rings is 1. The molecule has 0 spiro atoms. The molecule has 0 fully saturated rings. The van der Waals surface area contributed by atoms with Crippen LogP contribution in [-0.4, -0.2) is 25.6 Å². The first kappa shape index (κ1) is 11.7. The second-order valence-corrected chi connectivity index (χ2v) is 6.03. The van der Waals surface area contributed by atoms with Gasteiger partial charge in [-0.3, -0.25) is 0 Å². The van der Waals surface area contributed by atoms with Crippen LogP contribution in [0.1, 0.15) is 12.5 Å². The molecule has 1 aliphatic heterocycles. The van der Waals surface area contributed by atoms with Crippen molar-refractivity contribution < 1.29 is 8.42 Å². The molecule has 0 aromatic heterocycles. The summed E-state index contributed by atoms with van der Waals surface area (Å²) in [7, 11) is -2.32. The fourth-order valence-electron chi connectivity index (χ4n) is 1.52. The zero-order chi connectivity index (χ0) is 12.1. The molecule has 0 N–H and O–H groups in total. The zero-order valence-electron chi connectivity index (χ0n) is 8.53. The van der Waals surface area contributed by atoms with E-state index in [2.05, 4.69) is 5.10 Å². The van der Waals surface area contributed by atoms with Crippen LogP contribution in [-0.2, 0) is 10.0 Å². The van der Waals surface area contributed by atoms with Crippen molar-refractivity contribution in [2.45, 2.75) is 11.8 Å². The molecule has 16 heavy (non-hydrogen) atoms. The maximum Gasteiger partial charge on any atom is 0.280 e. The molecule has 0 saturated heterocycles. The maximum atomic E-state index is 12.0. The van der Waals surface area contributed by atoms with E-state index >= 15 is 0 Å². The average Bonchev–Trinajstić information content (AvgIpc) is 2.19. The fraction of sp³-hybridized carbons (Fsp3) is 0.222. The van der Waals surface area contributed by atoms with Crippen molar-refractivity contribution in [3.05, 3.63) is 27.7 Å². The SMILES string of the molecule is CC1=NN(C)S(=O)(=O)c2c1ccc(Cl)c2Cl. The third kappa shape index (κ3) is 1.50. The van der Waals surface area contributed by atoms with E-state index in [1.54, 1.807) is 19.1 Å². The summed E-state index contributed by atoms with van der Waals surface area (Å²) in [6.07, 6.45) is 0. The predicted octanol–water partition coefficient (Wildman–Crippen LogP) is 2.35. The molecule has 1 aromatic carbocycles. The highest BCUT2D eigenvalue weighted by molar-refractivity contribution is 7.89. The number of rotatable bonds is 0. The summed E-state index contributed by atoms with van der Waals surface area (Å²) in [4.78, 5) is 0.0247. The molecule has 1 heterocycles. The average molecular weight is 279 g/mol. The molecule has 0 unspecified atom stereocenters. The Morgan fingerprint density at radius 3 is 2.56 bits per heavy atom. The van der Waals surface area contributed by atoms with Gasteiger partial charge >= 0.3 is 0 Å². The van der Waals surface area contributed by atoms with Crippen LogP contribution in [0.5, 0.6) is 0 Å². The molecule has 0 radical (unpaired) electrons. The molecule has 86 valence electrons. The van der Waals surface area contributed by atoms with E-state index in [9.17, 15) is 8.42 Å². The Bertz CT molecular complexity index is 596. The molecular weight excluding hydrogens is 271 g/mol. The molecule has 1 aliphatic rings. The number of hydrazone groups is 1. The minimum absolute atomic E-state index is 0.0247. The molecule has 7 heteroatoms. The van der Waals surface area contributed by atoms with Crippen LogP contribution in [0.4, 0.5) is 0 Å². The van der Waals surface area contributed by atoms with Crippen molar-refractivity contribution in [3.63, 3.8) is 0 Å². The summed E-state index contributed by atoms with van der Waals surface area (Å²) in [5.74, 6) is 0. The van der Waals surface area contributed by atoms with Gasteiger partial charge in [0.25, 0.3) is 10.0 Å². The van der Waals surface area contributed by atoms with Gasteiger partial charge in [-0.25, -0.2) is 0 Å². The highest BCUT2D eigenvalue weighted by Crippen LogP contribution is 2.36. The minimum Gasteiger partial charge on any atom is -0.200 e. The Kier molecular flexibility index (Phi) is 2.64. The van der Waals surface area contributed by atoms with E-state index in [-0.39, 0.29) is 14.9 Å². The Morgan fingerprint density at radius 2 is 1.94 bits per heavy atom. The van der Waals surface area contributed by atoms with Gasteiger partial charge in [-0.05, 0) is 13.0 Å².